The van der Waals surface area contributed by atoms with Crippen LogP contribution in [0.4, 0.5) is 10.1 Å². The maximum absolute atomic E-state index is 12.8. The minimum atomic E-state index is -3.74. The van der Waals surface area contributed by atoms with Gasteiger partial charge in [0.1, 0.15) is 5.82 Å². The van der Waals surface area contributed by atoms with Gasteiger partial charge in [0.15, 0.2) is 0 Å². The van der Waals surface area contributed by atoms with Gasteiger partial charge in [-0.15, -0.1) is 0 Å². The second-order valence-corrected chi connectivity index (χ2v) is 6.11. The average Bonchev–Trinajstić information content (AvgIpc) is 2.34. The topological polar surface area (TPSA) is 46.2 Å². The van der Waals surface area contributed by atoms with Crippen LogP contribution in [0.25, 0.3) is 0 Å². The summed E-state index contributed by atoms with van der Waals surface area (Å²) in [6.07, 6.45) is 0. The summed E-state index contributed by atoms with van der Waals surface area (Å²) in [6, 6.07) is 9.44. The van der Waals surface area contributed by atoms with Crippen molar-refractivity contribution < 1.29 is 12.8 Å². The summed E-state index contributed by atoms with van der Waals surface area (Å²) in [5.74, 6) is -0.489. The van der Waals surface area contributed by atoms with Crippen LogP contribution in [0.5, 0.6) is 0 Å². The number of rotatable bonds is 3. The Labute approximate surface area is 116 Å². The van der Waals surface area contributed by atoms with Gasteiger partial charge in [-0.25, -0.2) is 12.8 Å². The van der Waals surface area contributed by atoms with Gasteiger partial charge >= 0.3 is 0 Å². The smallest absolute Gasteiger partial charge is 0.261 e. The fraction of sp³-hybridized carbons (Fsp3) is 0.0769. The molecule has 0 fully saturated rings. The molecule has 0 saturated heterocycles. The van der Waals surface area contributed by atoms with Crippen molar-refractivity contribution in [1.82, 2.24) is 0 Å². The van der Waals surface area contributed by atoms with E-state index in [1.807, 2.05) is 6.92 Å². The van der Waals surface area contributed by atoms with Crippen molar-refractivity contribution in [3.63, 3.8) is 0 Å². The van der Waals surface area contributed by atoms with Crippen molar-refractivity contribution in [2.75, 3.05) is 4.72 Å². The molecule has 2 aromatic carbocycles. The lowest BCUT2D eigenvalue weighted by atomic mass is 10.2. The highest BCUT2D eigenvalue weighted by molar-refractivity contribution is 7.92. The molecule has 0 atom stereocenters. The number of halogens is 2. The van der Waals surface area contributed by atoms with Crippen molar-refractivity contribution in [2.45, 2.75) is 11.8 Å². The molecule has 1 N–H and O–H groups in total. The van der Waals surface area contributed by atoms with Gasteiger partial charge in [0.05, 0.1) is 10.6 Å². The Hall–Kier alpha value is -1.59. The molecule has 0 bridgehead atoms. The molecule has 0 aliphatic heterocycles. The molecule has 0 spiro atoms. The zero-order valence-corrected chi connectivity index (χ0v) is 11.6. The number of nitrogens with one attached hydrogen (secondary N) is 1. The lowest BCUT2D eigenvalue weighted by molar-refractivity contribution is 0.599. The van der Waals surface area contributed by atoms with Gasteiger partial charge in [0.2, 0.25) is 0 Å². The molecule has 0 unspecified atom stereocenters. The van der Waals surface area contributed by atoms with E-state index in [4.69, 9.17) is 11.6 Å². The molecular formula is C13H11ClFNO2S. The first-order chi connectivity index (χ1) is 8.88. The number of anilines is 1. The molecule has 3 nitrogen and oxygen atoms in total. The molecule has 0 saturated carbocycles. The minimum absolute atomic E-state index is 0.00871. The molecule has 2 aromatic rings. The van der Waals surface area contributed by atoms with Crippen molar-refractivity contribution in [3.05, 3.63) is 58.9 Å². The van der Waals surface area contributed by atoms with Crippen LogP contribution in [-0.2, 0) is 10.0 Å². The molecule has 2 rings (SSSR count). The van der Waals surface area contributed by atoms with Crippen LogP contribution in [-0.4, -0.2) is 8.42 Å². The maximum Gasteiger partial charge on any atom is 0.261 e. The number of sulfonamides is 1. The standard InChI is InChI=1S/C13H11ClFNO2S/c1-9-2-5-11(8-13(9)14)16-19(17,18)12-6-3-10(15)4-7-12/h2-8,16H,1H3. The van der Waals surface area contributed by atoms with Crippen LogP contribution < -0.4 is 4.72 Å². The van der Waals surface area contributed by atoms with Gasteiger partial charge < -0.3 is 0 Å². The molecular weight excluding hydrogens is 289 g/mol. The Morgan fingerprint density at radius 3 is 2.32 bits per heavy atom. The van der Waals surface area contributed by atoms with E-state index >= 15 is 0 Å². The SMILES string of the molecule is Cc1ccc(NS(=O)(=O)c2ccc(F)cc2)cc1Cl. The van der Waals surface area contributed by atoms with E-state index < -0.39 is 15.8 Å². The van der Waals surface area contributed by atoms with E-state index in [1.165, 1.54) is 18.2 Å². The normalized spacial score (nSPS) is 11.3. The summed E-state index contributed by atoms with van der Waals surface area (Å²) in [5, 5.41) is 0.472. The fourth-order valence-corrected chi connectivity index (χ4v) is 2.71. The van der Waals surface area contributed by atoms with Crippen LogP contribution in [0.15, 0.2) is 47.4 Å². The molecule has 19 heavy (non-hydrogen) atoms. The molecule has 6 heteroatoms. The first-order valence-corrected chi connectivity index (χ1v) is 7.29. The van der Waals surface area contributed by atoms with E-state index in [0.717, 1.165) is 17.7 Å². The first kappa shape index (κ1) is 13.8. The number of hydrogen-bond acceptors (Lipinski definition) is 2. The number of aryl methyl sites for hydroxylation is 1. The Morgan fingerprint density at radius 1 is 1.11 bits per heavy atom. The molecule has 0 aliphatic carbocycles. The summed E-state index contributed by atoms with van der Waals surface area (Å²) in [4.78, 5) is -0.00871. The van der Waals surface area contributed by atoms with E-state index in [0.29, 0.717) is 10.7 Å². The average molecular weight is 300 g/mol. The van der Waals surface area contributed by atoms with Crippen molar-refractivity contribution in [3.8, 4) is 0 Å². The third-order valence-corrected chi connectivity index (χ3v) is 4.35. The Bertz CT molecular complexity index is 699. The molecule has 0 radical (unpaired) electrons. The van der Waals surface area contributed by atoms with Crippen LogP contribution in [0, 0.1) is 12.7 Å². The lowest BCUT2D eigenvalue weighted by Gasteiger charge is -2.09. The van der Waals surface area contributed by atoms with Gasteiger partial charge in [-0.2, -0.15) is 0 Å². The summed E-state index contributed by atoms with van der Waals surface area (Å²) in [5.41, 5.74) is 1.21. The van der Waals surface area contributed by atoms with Crippen molar-refractivity contribution in [2.24, 2.45) is 0 Å². The zero-order valence-electron chi connectivity index (χ0n) is 10.0. The van der Waals surface area contributed by atoms with Crippen LogP contribution in [0.3, 0.4) is 0 Å². The maximum atomic E-state index is 12.8. The molecule has 0 aliphatic rings. The Balaban J connectivity index is 2.30. The summed E-state index contributed by atoms with van der Waals surface area (Å²) >= 11 is 5.93. The number of benzene rings is 2. The van der Waals surface area contributed by atoms with Gasteiger partial charge in [-0.3, -0.25) is 4.72 Å². The first-order valence-electron chi connectivity index (χ1n) is 5.43. The predicted molar refractivity (Wildman–Crippen MR) is 73.4 cm³/mol. The molecule has 0 amide bonds. The zero-order chi connectivity index (χ0) is 14.0. The van der Waals surface area contributed by atoms with Crippen molar-refractivity contribution in [1.29, 1.82) is 0 Å². The third kappa shape index (κ3) is 3.24. The summed E-state index contributed by atoms with van der Waals surface area (Å²) < 4.78 is 39.2. The highest BCUT2D eigenvalue weighted by Crippen LogP contribution is 2.22. The quantitative estimate of drug-likeness (QED) is 0.941. The van der Waals surface area contributed by atoms with E-state index in [2.05, 4.69) is 4.72 Å². The predicted octanol–water partition coefficient (Wildman–Crippen LogP) is 3.59. The molecule has 0 aromatic heterocycles. The van der Waals surface area contributed by atoms with Gasteiger partial charge in [0.25, 0.3) is 10.0 Å². The fourth-order valence-electron chi connectivity index (χ4n) is 1.48. The minimum Gasteiger partial charge on any atom is -0.280 e. The second-order valence-electron chi connectivity index (χ2n) is 4.02. The number of hydrogen-bond donors (Lipinski definition) is 1. The molecule has 100 valence electrons. The van der Waals surface area contributed by atoms with Gasteiger partial charge in [0, 0.05) is 5.02 Å². The second kappa shape index (κ2) is 5.19. The monoisotopic (exact) mass is 299 g/mol. The van der Waals surface area contributed by atoms with Crippen LogP contribution in [0.1, 0.15) is 5.56 Å². The Morgan fingerprint density at radius 2 is 1.74 bits per heavy atom. The van der Waals surface area contributed by atoms with Gasteiger partial charge in [-0.1, -0.05) is 17.7 Å². The summed E-state index contributed by atoms with van der Waals surface area (Å²) in [6.45, 7) is 1.82. The largest absolute Gasteiger partial charge is 0.280 e. The van der Waals surface area contributed by atoms with Crippen LogP contribution in [0.2, 0.25) is 5.02 Å². The van der Waals surface area contributed by atoms with E-state index in [1.54, 1.807) is 12.1 Å². The van der Waals surface area contributed by atoms with E-state index in [9.17, 15) is 12.8 Å². The summed E-state index contributed by atoms with van der Waals surface area (Å²) in [7, 11) is -3.74. The third-order valence-electron chi connectivity index (χ3n) is 2.55. The van der Waals surface area contributed by atoms with Crippen molar-refractivity contribution >= 4 is 27.3 Å². The van der Waals surface area contributed by atoms with Gasteiger partial charge in [-0.05, 0) is 48.9 Å². The highest BCUT2D eigenvalue weighted by Gasteiger charge is 2.14. The Kier molecular flexibility index (Phi) is 3.78. The van der Waals surface area contributed by atoms with Crippen LogP contribution >= 0.6 is 11.6 Å². The highest BCUT2D eigenvalue weighted by atomic mass is 35.5. The lowest BCUT2D eigenvalue weighted by Crippen LogP contribution is -2.12. The molecule has 0 heterocycles. The van der Waals surface area contributed by atoms with E-state index in [-0.39, 0.29) is 4.90 Å².